The third kappa shape index (κ3) is 6.22. The minimum absolute atomic E-state index is 0.0150. The molecule has 144 valence electrons. The number of rotatable bonds is 9. The van der Waals surface area contributed by atoms with Crippen molar-refractivity contribution in [3.8, 4) is 5.75 Å². The highest BCUT2D eigenvalue weighted by Gasteiger charge is 2.15. The molecule has 8 heteroatoms. The summed E-state index contributed by atoms with van der Waals surface area (Å²) in [4.78, 5) is 22.7. The SMILES string of the molecule is CCCCCCOc1ccc(C(=O)Nc2ccc(Cl)c([N+](=O)[O-])c2)cc1Br. The van der Waals surface area contributed by atoms with Gasteiger partial charge in [-0.1, -0.05) is 37.8 Å². The van der Waals surface area contributed by atoms with Crippen molar-refractivity contribution in [3.05, 3.63) is 61.6 Å². The summed E-state index contributed by atoms with van der Waals surface area (Å²) in [6.07, 6.45) is 4.47. The van der Waals surface area contributed by atoms with E-state index in [1.807, 2.05) is 0 Å². The summed E-state index contributed by atoms with van der Waals surface area (Å²) >= 11 is 9.19. The van der Waals surface area contributed by atoms with Crippen LogP contribution >= 0.6 is 27.5 Å². The van der Waals surface area contributed by atoms with Gasteiger partial charge in [-0.05, 0) is 52.7 Å². The first-order valence-corrected chi connectivity index (χ1v) is 9.77. The second-order valence-corrected chi connectivity index (χ2v) is 7.19. The van der Waals surface area contributed by atoms with E-state index in [2.05, 4.69) is 28.2 Å². The number of nitrogens with one attached hydrogen (secondary N) is 1. The molecule has 27 heavy (non-hydrogen) atoms. The number of carbonyl (C=O) groups excluding carboxylic acids is 1. The Morgan fingerprint density at radius 2 is 2.00 bits per heavy atom. The van der Waals surface area contributed by atoms with Gasteiger partial charge in [-0.15, -0.1) is 0 Å². The predicted molar refractivity (Wildman–Crippen MR) is 110 cm³/mol. The molecule has 0 saturated heterocycles. The summed E-state index contributed by atoms with van der Waals surface area (Å²) in [5.74, 6) is 0.284. The summed E-state index contributed by atoms with van der Waals surface area (Å²) in [5.41, 5.74) is 0.434. The molecule has 0 heterocycles. The Hall–Kier alpha value is -2.12. The van der Waals surface area contributed by atoms with E-state index in [4.69, 9.17) is 16.3 Å². The van der Waals surface area contributed by atoms with Crippen LogP contribution in [0.4, 0.5) is 11.4 Å². The van der Waals surface area contributed by atoms with E-state index in [9.17, 15) is 14.9 Å². The summed E-state index contributed by atoms with van der Waals surface area (Å²) < 4.78 is 6.40. The number of hydrogen-bond donors (Lipinski definition) is 1. The van der Waals surface area contributed by atoms with Crippen molar-refractivity contribution in [3.63, 3.8) is 0 Å². The van der Waals surface area contributed by atoms with E-state index >= 15 is 0 Å². The van der Waals surface area contributed by atoms with Gasteiger partial charge in [0.2, 0.25) is 0 Å². The number of carbonyl (C=O) groups is 1. The lowest BCUT2D eigenvalue weighted by molar-refractivity contribution is -0.384. The maximum atomic E-state index is 12.4. The smallest absolute Gasteiger partial charge is 0.289 e. The molecule has 0 unspecified atom stereocenters. The van der Waals surface area contributed by atoms with Gasteiger partial charge in [0.25, 0.3) is 11.6 Å². The minimum atomic E-state index is -0.596. The van der Waals surface area contributed by atoms with Crippen LogP contribution in [-0.2, 0) is 0 Å². The number of nitro benzene ring substituents is 1. The lowest BCUT2D eigenvalue weighted by Gasteiger charge is -2.10. The Morgan fingerprint density at radius 3 is 2.67 bits per heavy atom. The minimum Gasteiger partial charge on any atom is -0.492 e. The molecule has 0 aliphatic rings. The van der Waals surface area contributed by atoms with Crippen LogP contribution in [0.5, 0.6) is 5.75 Å². The number of amides is 1. The molecule has 2 rings (SSSR count). The Balaban J connectivity index is 2.01. The molecule has 0 aliphatic carbocycles. The zero-order valence-electron chi connectivity index (χ0n) is 14.8. The largest absolute Gasteiger partial charge is 0.492 e. The molecule has 0 atom stereocenters. The quantitative estimate of drug-likeness (QED) is 0.276. The topological polar surface area (TPSA) is 81.5 Å². The first-order valence-electron chi connectivity index (χ1n) is 8.60. The zero-order chi connectivity index (χ0) is 19.8. The summed E-state index contributed by atoms with van der Waals surface area (Å²) in [6.45, 7) is 2.78. The number of benzene rings is 2. The summed E-state index contributed by atoms with van der Waals surface area (Å²) in [6, 6.07) is 9.13. The van der Waals surface area contributed by atoms with E-state index in [-0.39, 0.29) is 16.6 Å². The average Bonchev–Trinajstić information content (AvgIpc) is 2.64. The van der Waals surface area contributed by atoms with Gasteiger partial charge in [0.05, 0.1) is 16.0 Å². The molecule has 0 aliphatic heterocycles. The van der Waals surface area contributed by atoms with Crippen LogP contribution in [0.3, 0.4) is 0 Å². The van der Waals surface area contributed by atoms with Gasteiger partial charge in [-0.3, -0.25) is 14.9 Å². The van der Waals surface area contributed by atoms with Crippen molar-refractivity contribution in [2.75, 3.05) is 11.9 Å². The lowest BCUT2D eigenvalue weighted by atomic mass is 10.2. The highest BCUT2D eigenvalue weighted by molar-refractivity contribution is 9.10. The summed E-state index contributed by atoms with van der Waals surface area (Å²) in [5, 5.41) is 13.6. The Morgan fingerprint density at radius 1 is 1.22 bits per heavy atom. The molecule has 0 fully saturated rings. The van der Waals surface area contributed by atoms with E-state index in [0.29, 0.717) is 28.1 Å². The summed E-state index contributed by atoms with van der Waals surface area (Å²) in [7, 11) is 0. The van der Waals surface area contributed by atoms with Crippen LogP contribution in [-0.4, -0.2) is 17.4 Å². The predicted octanol–water partition coefficient (Wildman–Crippen LogP) is 6.22. The Kier molecular flexibility index (Phi) is 8.06. The molecular weight excluding hydrogens is 436 g/mol. The van der Waals surface area contributed by atoms with Gasteiger partial charge in [-0.2, -0.15) is 0 Å². The first kappa shape index (κ1) is 21.2. The molecule has 1 N–H and O–H groups in total. The maximum absolute atomic E-state index is 12.4. The Labute approximate surface area is 171 Å². The van der Waals surface area contributed by atoms with Crippen molar-refractivity contribution >= 4 is 44.8 Å². The second kappa shape index (κ2) is 10.3. The number of halogens is 2. The van der Waals surface area contributed by atoms with Crippen molar-refractivity contribution in [1.29, 1.82) is 0 Å². The van der Waals surface area contributed by atoms with Gasteiger partial charge >= 0.3 is 0 Å². The molecule has 6 nitrogen and oxygen atoms in total. The third-order valence-electron chi connectivity index (χ3n) is 3.85. The van der Waals surface area contributed by atoms with Crippen LogP contribution < -0.4 is 10.1 Å². The third-order valence-corrected chi connectivity index (χ3v) is 4.79. The van der Waals surface area contributed by atoms with Crippen molar-refractivity contribution < 1.29 is 14.5 Å². The van der Waals surface area contributed by atoms with Crippen molar-refractivity contribution in [2.45, 2.75) is 32.6 Å². The van der Waals surface area contributed by atoms with Crippen molar-refractivity contribution in [2.24, 2.45) is 0 Å². The molecule has 2 aromatic carbocycles. The molecule has 0 spiro atoms. The fourth-order valence-electron chi connectivity index (χ4n) is 2.40. The molecular formula is C19H20BrClN2O4. The van der Waals surface area contributed by atoms with E-state index in [0.717, 1.165) is 12.8 Å². The number of nitro groups is 1. The van der Waals surface area contributed by atoms with E-state index in [1.165, 1.54) is 31.0 Å². The first-order chi connectivity index (χ1) is 12.9. The number of ether oxygens (including phenoxy) is 1. The standard InChI is InChI=1S/C19H20BrClN2O4/c1-2-3-4-5-10-27-18-9-6-13(11-15(18)20)19(24)22-14-7-8-16(21)17(12-14)23(25)26/h6-9,11-12H,2-5,10H2,1H3,(H,22,24). The lowest BCUT2D eigenvalue weighted by Crippen LogP contribution is -2.12. The molecule has 0 aromatic heterocycles. The molecule has 2 aromatic rings. The fraction of sp³-hybridized carbons (Fsp3) is 0.316. The normalized spacial score (nSPS) is 10.5. The average molecular weight is 456 g/mol. The van der Waals surface area contributed by atoms with Gasteiger partial charge in [0, 0.05) is 17.3 Å². The number of nitrogens with zero attached hydrogens (tertiary/aromatic N) is 1. The maximum Gasteiger partial charge on any atom is 0.289 e. The second-order valence-electron chi connectivity index (χ2n) is 5.93. The highest BCUT2D eigenvalue weighted by atomic mass is 79.9. The number of anilines is 1. The van der Waals surface area contributed by atoms with Crippen LogP contribution in [0.1, 0.15) is 43.0 Å². The van der Waals surface area contributed by atoms with Crippen molar-refractivity contribution in [1.82, 2.24) is 0 Å². The Bertz CT molecular complexity index is 829. The van der Waals surface area contributed by atoms with Crippen LogP contribution in [0.25, 0.3) is 0 Å². The number of unbranched alkanes of at least 4 members (excludes halogenated alkanes) is 3. The van der Waals surface area contributed by atoms with Gasteiger partial charge in [-0.25, -0.2) is 0 Å². The van der Waals surface area contributed by atoms with Gasteiger partial charge in [0.1, 0.15) is 10.8 Å². The van der Waals surface area contributed by atoms with E-state index in [1.54, 1.807) is 18.2 Å². The van der Waals surface area contributed by atoms with Crippen LogP contribution in [0.2, 0.25) is 5.02 Å². The molecule has 0 bridgehead atoms. The highest BCUT2D eigenvalue weighted by Crippen LogP contribution is 2.29. The van der Waals surface area contributed by atoms with E-state index < -0.39 is 4.92 Å². The zero-order valence-corrected chi connectivity index (χ0v) is 17.2. The molecule has 0 saturated carbocycles. The number of hydrogen-bond acceptors (Lipinski definition) is 4. The molecule has 1 amide bonds. The monoisotopic (exact) mass is 454 g/mol. The fourth-order valence-corrected chi connectivity index (χ4v) is 3.08. The van der Waals surface area contributed by atoms with Crippen LogP contribution in [0.15, 0.2) is 40.9 Å². The molecule has 0 radical (unpaired) electrons. The van der Waals surface area contributed by atoms with Crippen LogP contribution in [0, 0.1) is 10.1 Å². The van der Waals surface area contributed by atoms with Gasteiger partial charge < -0.3 is 10.1 Å². The van der Waals surface area contributed by atoms with Gasteiger partial charge in [0.15, 0.2) is 0 Å².